The zero-order valence-corrected chi connectivity index (χ0v) is 15.3. The molecule has 0 radical (unpaired) electrons. The molecule has 0 spiro atoms. The molecular weight excluding hydrogens is 371 g/mol. The van der Waals surface area contributed by atoms with Crippen LogP contribution in [-0.4, -0.2) is 30.9 Å². The van der Waals surface area contributed by atoms with Crippen LogP contribution in [0.5, 0.6) is 0 Å². The van der Waals surface area contributed by atoms with E-state index in [2.05, 4.69) is 10.6 Å². The molecule has 0 saturated heterocycles. The highest BCUT2D eigenvalue weighted by molar-refractivity contribution is 5.96. The lowest BCUT2D eigenvalue weighted by Gasteiger charge is -2.35. The number of hydrogen-bond donors (Lipinski definition) is 2. The van der Waals surface area contributed by atoms with Crippen molar-refractivity contribution in [2.45, 2.75) is 25.8 Å². The zero-order valence-electron chi connectivity index (χ0n) is 15.3. The topological polar surface area (TPSA) is 61.4 Å². The van der Waals surface area contributed by atoms with Gasteiger partial charge in [0, 0.05) is 12.2 Å². The molecule has 1 heterocycles. The van der Waals surface area contributed by atoms with Crippen molar-refractivity contribution in [3.8, 4) is 0 Å². The number of hydrogen-bond acceptors (Lipinski definition) is 3. The summed E-state index contributed by atoms with van der Waals surface area (Å²) in [5.74, 6) is -5.61. The fourth-order valence-electron chi connectivity index (χ4n) is 3.24. The van der Waals surface area contributed by atoms with E-state index in [1.54, 1.807) is 6.92 Å². The van der Waals surface area contributed by atoms with Crippen LogP contribution < -0.4 is 15.5 Å². The monoisotopic (exact) mass is 391 g/mol. The third-order valence-electron chi connectivity index (χ3n) is 4.73. The molecule has 8 heteroatoms. The summed E-state index contributed by atoms with van der Waals surface area (Å²) in [7, 11) is 0. The molecule has 2 N–H and O–H groups in total. The molecule has 148 valence electrons. The van der Waals surface area contributed by atoms with Crippen LogP contribution in [0.4, 0.5) is 24.5 Å². The first kappa shape index (κ1) is 19.7. The normalized spacial score (nSPS) is 14.2. The van der Waals surface area contributed by atoms with Gasteiger partial charge in [-0.25, -0.2) is 13.2 Å². The predicted octanol–water partition coefficient (Wildman–Crippen LogP) is 3.00. The van der Waals surface area contributed by atoms with Gasteiger partial charge in [0.1, 0.15) is 6.04 Å². The first-order valence-corrected chi connectivity index (χ1v) is 8.94. The molecule has 28 heavy (non-hydrogen) atoms. The number of halogens is 3. The molecule has 0 aliphatic carbocycles. The van der Waals surface area contributed by atoms with Crippen molar-refractivity contribution in [3.05, 3.63) is 59.4 Å². The lowest BCUT2D eigenvalue weighted by molar-refractivity contribution is -0.124. The minimum Gasteiger partial charge on any atom is -0.360 e. The van der Waals surface area contributed by atoms with E-state index >= 15 is 0 Å². The highest BCUT2D eigenvalue weighted by atomic mass is 19.2. The maximum atomic E-state index is 13.6. The molecule has 5 nitrogen and oxygen atoms in total. The molecule has 3 rings (SSSR count). The van der Waals surface area contributed by atoms with E-state index in [1.807, 2.05) is 29.2 Å². The summed E-state index contributed by atoms with van der Waals surface area (Å²) < 4.78 is 39.8. The van der Waals surface area contributed by atoms with Crippen molar-refractivity contribution in [2.75, 3.05) is 23.3 Å². The molecule has 0 aromatic heterocycles. The van der Waals surface area contributed by atoms with E-state index in [-0.39, 0.29) is 5.91 Å². The smallest absolute Gasteiger partial charge is 0.243 e. The van der Waals surface area contributed by atoms with Crippen LogP contribution in [0.15, 0.2) is 36.4 Å². The van der Waals surface area contributed by atoms with E-state index in [1.165, 1.54) is 5.56 Å². The molecule has 0 unspecified atom stereocenters. The fourth-order valence-corrected chi connectivity index (χ4v) is 3.24. The SMILES string of the molecule is C[C@H](C(=O)NCC(=O)Nc1ccc(F)c(F)c1F)N1CCCc2ccccc21. The number of rotatable bonds is 5. The van der Waals surface area contributed by atoms with Crippen molar-refractivity contribution in [1.82, 2.24) is 5.32 Å². The molecule has 0 fully saturated rings. The Bertz CT molecular complexity index is 904. The van der Waals surface area contributed by atoms with Crippen molar-refractivity contribution in [1.29, 1.82) is 0 Å². The van der Waals surface area contributed by atoms with Crippen LogP contribution in [-0.2, 0) is 16.0 Å². The van der Waals surface area contributed by atoms with Crippen molar-refractivity contribution < 1.29 is 22.8 Å². The Labute approximate surface area is 160 Å². The number of carbonyl (C=O) groups excluding carboxylic acids is 2. The van der Waals surface area contributed by atoms with Gasteiger partial charge in [-0.05, 0) is 43.5 Å². The molecule has 0 saturated carbocycles. The lowest BCUT2D eigenvalue weighted by atomic mass is 10.00. The number of nitrogens with one attached hydrogen (secondary N) is 2. The van der Waals surface area contributed by atoms with Crippen LogP contribution in [0.2, 0.25) is 0 Å². The fraction of sp³-hybridized carbons (Fsp3) is 0.300. The third kappa shape index (κ3) is 4.11. The Morgan fingerprint density at radius 3 is 2.64 bits per heavy atom. The van der Waals surface area contributed by atoms with Gasteiger partial charge in [0.25, 0.3) is 0 Å². The van der Waals surface area contributed by atoms with Crippen LogP contribution in [0.25, 0.3) is 0 Å². The molecule has 2 amide bonds. The van der Waals surface area contributed by atoms with Crippen LogP contribution in [0, 0.1) is 17.5 Å². The summed E-state index contributed by atoms with van der Waals surface area (Å²) in [5.41, 5.74) is 1.67. The second-order valence-electron chi connectivity index (χ2n) is 6.59. The average Bonchev–Trinajstić information content (AvgIpc) is 2.71. The van der Waals surface area contributed by atoms with Gasteiger partial charge in [-0.2, -0.15) is 0 Å². The number of aryl methyl sites for hydroxylation is 1. The summed E-state index contributed by atoms with van der Waals surface area (Å²) in [5, 5.41) is 4.61. The zero-order chi connectivity index (χ0) is 20.3. The van der Waals surface area contributed by atoms with E-state index in [4.69, 9.17) is 0 Å². The Kier molecular flexibility index (Phi) is 5.87. The molecular formula is C20H20F3N3O2. The minimum atomic E-state index is -1.67. The van der Waals surface area contributed by atoms with Crippen molar-refractivity contribution >= 4 is 23.2 Å². The number of para-hydroxylation sites is 1. The van der Waals surface area contributed by atoms with Crippen LogP contribution in [0.3, 0.4) is 0 Å². The second kappa shape index (κ2) is 8.33. The highest BCUT2D eigenvalue weighted by Gasteiger charge is 2.26. The molecule has 1 aliphatic heterocycles. The first-order valence-electron chi connectivity index (χ1n) is 8.94. The van der Waals surface area contributed by atoms with Gasteiger partial charge in [-0.3, -0.25) is 9.59 Å². The predicted molar refractivity (Wildman–Crippen MR) is 99.5 cm³/mol. The first-order chi connectivity index (χ1) is 13.4. The Morgan fingerprint density at radius 1 is 1.11 bits per heavy atom. The minimum absolute atomic E-state index is 0.363. The number of benzene rings is 2. The van der Waals surface area contributed by atoms with Gasteiger partial charge in [0.05, 0.1) is 12.2 Å². The summed E-state index contributed by atoms with van der Waals surface area (Å²) >= 11 is 0. The molecule has 2 aromatic carbocycles. The highest BCUT2D eigenvalue weighted by Crippen LogP contribution is 2.28. The maximum absolute atomic E-state index is 13.6. The Balaban J connectivity index is 1.58. The quantitative estimate of drug-likeness (QED) is 0.771. The molecule has 2 aromatic rings. The van der Waals surface area contributed by atoms with Crippen LogP contribution in [0.1, 0.15) is 18.9 Å². The third-order valence-corrected chi connectivity index (χ3v) is 4.73. The Morgan fingerprint density at radius 2 is 1.86 bits per heavy atom. The van der Waals surface area contributed by atoms with Crippen molar-refractivity contribution in [2.24, 2.45) is 0 Å². The number of anilines is 2. The van der Waals surface area contributed by atoms with E-state index < -0.39 is 41.6 Å². The summed E-state index contributed by atoms with van der Waals surface area (Å²) in [6.45, 7) is 2.04. The molecule has 1 aliphatic rings. The molecule has 0 bridgehead atoms. The van der Waals surface area contributed by atoms with E-state index in [0.717, 1.165) is 31.1 Å². The molecule has 1 atom stereocenters. The standard InChI is InChI=1S/C20H20F3N3O2/c1-12(26-10-4-6-13-5-2-3-7-16(13)26)20(28)24-11-17(27)25-15-9-8-14(21)18(22)19(15)23/h2-3,5,7-9,12H,4,6,10-11H2,1H3,(H,24,28)(H,25,27)/t12-/m1/s1. The number of fused-ring (bicyclic) bond motifs is 1. The maximum Gasteiger partial charge on any atom is 0.243 e. The lowest BCUT2D eigenvalue weighted by Crippen LogP contribution is -2.48. The summed E-state index contributed by atoms with van der Waals surface area (Å²) in [4.78, 5) is 26.4. The van der Waals surface area contributed by atoms with Gasteiger partial charge in [0.15, 0.2) is 17.5 Å². The summed E-state index contributed by atoms with van der Waals surface area (Å²) in [6.07, 6.45) is 1.87. The average molecular weight is 391 g/mol. The summed E-state index contributed by atoms with van der Waals surface area (Å²) in [6, 6.07) is 8.96. The number of nitrogens with zero attached hydrogens (tertiary/aromatic N) is 1. The van der Waals surface area contributed by atoms with Gasteiger partial charge >= 0.3 is 0 Å². The van der Waals surface area contributed by atoms with E-state index in [9.17, 15) is 22.8 Å². The van der Waals surface area contributed by atoms with Gasteiger partial charge in [0.2, 0.25) is 11.8 Å². The van der Waals surface area contributed by atoms with E-state index in [0.29, 0.717) is 6.07 Å². The van der Waals surface area contributed by atoms with Crippen molar-refractivity contribution in [3.63, 3.8) is 0 Å². The number of amides is 2. The largest absolute Gasteiger partial charge is 0.360 e. The Hall–Kier alpha value is -3.03. The van der Waals surface area contributed by atoms with Gasteiger partial charge < -0.3 is 15.5 Å². The van der Waals surface area contributed by atoms with Gasteiger partial charge in [-0.1, -0.05) is 18.2 Å². The van der Waals surface area contributed by atoms with Crippen LogP contribution >= 0.6 is 0 Å². The van der Waals surface area contributed by atoms with Gasteiger partial charge in [-0.15, -0.1) is 0 Å². The second-order valence-corrected chi connectivity index (χ2v) is 6.59. The number of carbonyl (C=O) groups is 2.